The zero-order valence-corrected chi connectivity index (χ0v) is 25.2. The number of aromatic nitrogens is 5. The van der Waals surface area contributed by atoms with Crippen LogP contribution in [0.1, 0.15) is 64.5 Å². The fourth-order valence-electron chi connectivity index (χ4n) is 5.28. The number of hydrogen-bond acceptors (Lipinski definition) is 11. The number of carbonyl (C=O) groups excluding carboxylic acids is 1. The van der Waals surface area contributed by atoms with E-state index in [0.29, 0.717) is 22.9 Å². The number of ether oxygens (including phenoxy) is 2. The number of nitrogens with zero attached hydrogens (tertiary/aromatic N) is 6. The predicted octanol–water partition coefficient (Wildman–Crippen LogP) is 3.34. The molecule has 5 rings (SSSR count). The van der Waals surface area contributed by atoms with E-state index >= 15 is 0 Å². The summed E-state index contributed by atoms with van der Waals surface area (Å²) < 4.78 is 40.4. The van der Waals surface area contributed by atoms with Crippen LogP contribution in [0.3, 0.4) is 0 Å². The molecule has 0 saturated heterocycles. The second-order valence-corrected chi connectivity index (χ2v) is 12.8. The average molecular weight is 623 g/mol. The van der Waals surface area contributed by atoms with E-state index in [2.05, 4.69) is 15.3 Å². The number of hydrogen-bond donors (Lipinski definition) is 3. The zero-order chi connectivity index (χ0) is 31.1. The fraction of sp³-hybridized carbons (Fsp3) is 0.607. The molecule has 1 aromatic carbocycles. The molecule has 1 amide bonds. The molecule has 2 aliphatic carbocycles. The van der Waals surface area contributed by atoms with Crippen LogP contribution in [0.25, 0.3) is 11.2 Å². The van der Waals surface area contributed by atoms with Gasteiger partial charge in [-0.25, -0.2) is 28.2 Å². The van der Waals surface area contributed by atoms with Gasteiger partial charge in [-0.15, -0.1) is 5.10 Å². The summed E-state index contributed by atoms with van der Waals surface area (Å²) in [7, 11) is 0. The van der Waals surface area contributed by atoms with Gasteiger partial charge in [0.25, 0.3) is 0 Å². The van der Waals surface area contributed by atoms with E-state index in [0.717, 1.165) is 18.6 Å². The minimum absolute atomic E-state index is 0.00520. The Balaban J connectivity index is 1.58. The molecule has 0 bridgehead atoms. The largest absolute Gasteiger partial charge is 0.443 e. The van der Waals surface area contributed by atoms with Crippen LogP contribution in [-0.4, -0.2) is 95.3 Å². The van der Waals surface area contributed by atoms with Gasteiger partial charge in [-0.2, -0.15) is 0 Å². The van der Waals surface area contributed by atoms with Gasteiger partial charge in [-0.3, -0.25) is 4.90 Å². The van der Waals surface area contributed by atoms with Gasteiger partial charge in [0, 0.05) is 24.1 Å². The van der Waals surface area contributed by atoms with Crippen LogP contribution in [0.2, 0.25) is 0 Å². The van der Waals surface area contributed by atoms with Gasteiger partial charge in [0.1, 0.15) is 17.8 Å². The van der Waals surface area contributed by atoms with E-state index in [-0.39, 0.29) is 42.5 Å². The molecule has 43 heavy (non-hydrogen) atoms. The van der Waals surface area contributed by atoms with Crippen LogP contribution in [0, 0.1) is 11.6 Å². The lowest BCUT2D eigenvalue weighted by Crippen LogP contribution is -2.39. The highest BCUT2D eigenvalue weighted by Gasteiger charge is 2.49. The maximum Gasteiger partial charge on any atom is 0.416 e. The molecular formula is C28H36F2N6O6S. The summed E-state index contributed by atoms with van der Waals surface area (Å²) in [5.41, 5.74) is 0.0909. The Morgan fingerprint density at radius 3 is 2.60 bits per heavy atom. The maximum absolute atomic E-state index is 14.1. The Labute approximate surface area is 251 Å². The second-order valence-electron chi connectivity index (χ2n) is 11.7. The van der Waals surface area contributed by atoms with Gasteiger partial charge in [-0.1, -0.05) is 30.0 Å². The highest BCUT2D eigenvalue weighted by atomic mass is 32.2. The second kappa shape index (κ2) is 12.6. The molecule has 12 nitrogen and oxygen atoms in total. The van der Waals surface area contributed by atoms with Crippen LogP contribution >= 0.6 is 11.8 Å². The standard InChI is InChI=1S/C28H36F2N6O6S/c1-5-10-43-26-31-24(21-25(32-26)36(34-33-21)19-13-20(41-9-8-37)23(39)22(19)38)35(27(40)42-28(2,3)4)18-12-15(18)14-6-7-16(29)17(30)11-14/h6-7,11,15,18-20,22-23,37-39H,5,8-10,12-13H2,1-4H3/t15-,18-,19+,20-,22-,23+/m0/s1. The van der Waals surface area contributed by atoms with Crippen molar-refractivity contribution in [1.82, 2.24) is 25.0 Å². The van der Waals surface area contributed by atoms with Gasteiger partial charge in [0.2, 0.25) is 0 Å². The molecule has 3 N–H and O–H groups in total. The molecule has 3 aromatic rings. The molecule has 2 aromatic heterocycles. The predicted molar refractivity (Wildman–Crippen MR) is 153 cm³/mol. The lowest BCUT2D eigenvalue weighted by Gasteiger charge is -2.27. The number of amides is 1. The highest BCUT2D eigenvalue weighted by molar-refractivity contribution is 7.99. The smallest absolute Gasteiger partial charge is 0.416 e. The minimum atomic E-state index is -1.26. The number of thioether (sulfide) groups is 1. The first-order chi connectivity index (χ1) is 20.4. The van der Waals surface area contributed by atoms with Crippen molar-refractivity contribution >= 4 is 34.8 Å². The monoisotopic (exact) mass is 622 g/mol. The Hall–Kier alpha value is -2.98. The van der Waals surface area contributed by atoms with Crippen molar-refractivity contribution < 1.29 is 38.4 Å². The summed E-state index contributed by atoms with van der Waals surface area (Å²) in [5, 5.41) is 39.5. The van der Waals surface area contributed by atoms with Crippen LogP contribution in [0.5, 0.6) is 0 Å². The quantitative estimate of drug-likeness (QED) is 0.225. The SMILES string of the molecule is CCCSc1nc(N(C(=O)OC(C)(C)C)[C@H]2C[C@H]2c2ccc(F)c(F)c2)c2nnn([C@@H]3C[C@H](OCCO)[C@@H](O)[C@H]3O)c2n1. The molecule has 234 valence electrons. The van der Waals surface area contributed by atoms with Crippen molar-refractivity contribution in [2.45, 2.75) is 94.0 Å². The Morgan fingerprint density at radius 1 is 1.16 bits per heavy atom. The van der Waals surface area contributed by atoms with E-state index in [4.69, 9.17) is 19.6 Å². The first-order valence-electron chi connectivity index (χ1n) is 14.2. The normalized spacial score (nSPS) is 25.3. The summed E-state index contributed by atoms with van der Waals surface area (Å²) >= 11 is 1.37. The van der Waals surface area contributed by atoms with E-state index < -0.39 is 53.7 Å². The summed E-state index contributed by atoms with van der Waals surface area (Å²) in [6, 6.07) is 2.42. The van der Waals surface area contributed by atoms with Crippen LogP contribution in [0.4, 0.5) is 19.4 Å². The number of aliphatic hydroxyl groups is 3. The Bertz CT molecular complexity index is 1470. The number of benzene rings is 1. The maximum atomic E-state index is 14.1. The van der Waals surface area contributed by atoms with Crippen LogP contribution in [0.15, 0.2) is 23.4 Å². The third-order valence-electron chi connectivity index (χ3n) is 7.33. The molecule has 0 unspecified atom stereocenters. The zero-order valence-electron chi connectivity index (χ0n) is 24.4. The summed E-state index contributed by atoms with van der Waals surface area (Å²) in [6.45, 7) is 6.97. The van der Waals surface area contributed by atoms with Crippen molar-refractivity contribution in [3.8, 4) is 0 Å². The summed E-state index contributed by atoms with van der Waals surface area (Å²) in [5.74, 6) is -1.43. The Morgan fingerprint density at radius 2 is 1.93 bits per heavy atom. The molecule has 0 radical (unpaired) electrons. The molecule has 2 fully saturated rings. The fourth-order valence-corrected chi connectivity index (χ4v) is 5.97. The number of carbonyl (C=O) groups is 1. The first-order valence-corrected chi connectivity index (χ1v) is 15.2. The van der Waals surface area contributed by atoms with Gasteiger partial charge in [-0.05, 0) is 51.3 Å². The molecule has 0 aliphatic heterocycles. The summed E-state index contributed by atoms with van der Waals surface area (Å²) in [6.07, 6.45) is -2.49. The van der Waals surface area contributed by atoms with Crippen molar-refractivity contribution in [2.24, 2.45) is 0 Å². The van der Waals surface area contributed by atoms with E-state index in [9.17, 15) is 23.8 Å². The summed E-state index contributed by atoms with van der Waals surface area (Å²) in [4.78, 5) is 24.5. The first kappa shape index (κ1) is 31.4. The lowest BCUT2D eigenvalue weighted by molar-refractivity contribution is -0.0629. The van der Waals surface area contributed by atoms with Gasteiger partial charge >= 0.3 is 6.09 Å². The topological polar surface area (TPSA) is 156 Å². The molecule has 0 spiro atoms. The Kier molecular flexibility index (Phi) is 9.18. The van der Waals surface area contributed by atoms with E-state index in [1.807, 2.05) is 6.92 Å². The molecular weight excluding hydrogens is 586 g/mol. The van der Waals surface area contributed by atoms with Gasteiger partial charge in [0.15, 0.2) is 33.8 Å². The molecule has 2 aliphatic rings. The average Bonchev–Trinajstić information content (AvgIpc) is 3.52. The minimum Gasteiger partial charge on any atom is -0.443 e. The third-order valence-corrected chi connectivity index (χ3v) is 8.39. The molecule has 2 saturated carbocycles. The number of rotatable bonds is 10. The van der Waals surface area contributed by atoms with Crippen molar-refractivity contribution in [3.63, 3.8) is 0 Å². The number of anilines is 1. The van der Waals surface area contributed by atoms with E-state index in [1.54, 1.807) is 20.8 Å². The van der Waals surface area contributed by atoms with Crippen molar-refractivity contribution in [3.05, 3.63) is 35.4 Å². The number of aliphatic hydroxyl groups excluding tert-OH is 3. The third kappa shape index (κ3) is 6.60. The molecule has 6 atom stereocenters. The lowest BCUT2D eigenvalue weighted by atomic mass is 10.1. The van der Waals surface area contributed by atoms with Crippen molar-refractivity contribution in [2.75, 3.05) is 23.9 Å². The van der Waals surface area contributed by atoms with Gasteiger partial charge < -0.3 is 24.8 Å². The molecule has 15 heteroatoms. The van der Waals surface area contributed by atoms with Gasteiger partial charge in [0.05, 0.1) is 25.4 Å². The highest BCUT2D eigenvalue weighted by Crippen LogP contribution is 2.48. The number of fused-ring (bicyclic) bond motifs is 1. The van der Waals surface area contributed by atoms with E-state index in [1.165, 1.54) is 27.4 Å². The van der Waals surface area contributed by atoms with Crippen LogP contribution in [-0.2, 0) is 9.47 Å². The van der Waals surface area contributed by atoms with Crippen LogP contribution < -0.4 is 4.90 Å². The number of halogens is 2. The molecule has 2 heterocycles. The van der Waals surface area contributed by atoms with Crippen molar-refractivity contribution in [1.29, 1.82) is 0 Å².